The lowest BCUT2D eigenvalue weighted by molar-refractivity contribution is -0.0499. The Morgan fingerprint density at radius 1 is 1.75 bits per heavy atom. The van der Waals surface area contributed by atoms with Gasteiger partial charge >= 0.3 is 0 Å². The predicted octanol–water partition coefficient (Wildman–Crippen LogP) is 0.342. The van der Waals surface area contributed by atoms with Crippen LogP contribution in [0.25, 0.3) is 0 Å². The molecule has 0 aliphatic heterocycles. The van der Waals surface area contributed by atoms with Crippen LogP contribution in [-0.4, -0.2) is 21.9 Å². The minimum Gasteiger partial charge on any atom is -0.390 e. The Morgan fingerprint density at radius 3 is 2.12 bits per heavy atom. The van der Waals surface area contributed by atoms with Gasteiger partial charge in [0.25, 0.3) is 0 Å². The third-order valence-corrected chi connectivity index (χ3v) is 1.41. The first-order valence-corrected chi connectivity index (χ1v) is 2.70. The summed E-state index contributed by atoms with van der Waals surface area (Å²) in [5, 5.41) is 17.9. The van der Waals surface area contributed by atoms with Crippen LogP contribution in [0.3, 0.4) is 0 Å². The summed E-state index contributed by atoms with van der Waals surface area (Å²) in [6.45, 7) is 6.58. The Kier molecular flexibility index (Phi) is 2.44. The van der Waals surface area contributed by atoms with Crippen molar-refractivity contribution < 1.29 is 10.2 Å². The second kappa shape index (κ2) is 2.46. The van der Waals surface area contributed by atoms with E-state index in [4.69, 9.17) is 10.2 Å². The van der Waals surface area contributed by atoms with E-state index < -0.39 is 11.7 Å². The largest absolute Gasteiger partial charge is 0.390 e. The number of hydrogen-bond donors (Lipinski definition) is 2. The topological polar surface area (TPSA) is 40.5 Å². The monoisotopic (exact) mass is 117 g/mol. The average Bonchev–Trinajstić information content (AvgIpc) is 1.67. The summed E-state index contributed by atoms with van der Waals surface area (Å²) in [6.07, 6.45) is -0.356. The summed E-state index contributed by atoms with van der Waals surface area (Å²) in [6, 6.07) is 0. The maximum Gasteiger partial charge on any atom is 0.0874 e. The third-order valence-electron chi connectivity index (χ3n) is 1.41. The van der Waals surface area contributed by atoms with Crippen LogP contribution in [-0.2, 0) is 0 Å². The Morgan fingerprint density at radius 2 is 2.12 bits per heavy atom. The highest BCUT2D eigenvalue weighted by atomic mass is 16.3. The molecule has 0 heterocycles. The molecule has 0 aliphatic carbocycles. The molecule has 0 aromatic rings. The fourth-order valence-corrected chi connectivity index (χ4v) is 0.209. The highest BCUT2D eigenvalue weighted by Crippen LogP contribution is 2.12. The van der Waals surface area contributed by atoms with E-state index in [9.17, 15) is 0 Å². The highest BCUT2D eigenvalue weighted by Gasteiger charge is 2.23. The molecule has 1 radical (unpaired) electrons. The van der Waals surface area contributed by atoms with Crippen LogP contribution < -0.4 is 0 Å². The van der Waals surface area contributed by atoms with E-state index in [0.29, 0.717) is 6.42 Å². The molecule has 2 atom stereocenters. The first-order chi connectivity index (χ1) is 3.50. The standard InChI is InChI=1S/C6H13O2/c1-4-6(3,8)5(2)7/h5,7-8H,1,4H2,2-3H3. The summed E-state index contributed by atoms with van der Waals surface area (Å²) in [5.41, 5.74) is -1.01. The van der Waals surface area contributed by atoms with Crippen LogP contribution in [0.5, 0.6) is 0 Å². The Labute approximate surface area is 50.2 Å². The minimum atomic E-state index is -1.01. The second-order valence-electron chi connectivity index (χ2n) is 2.28. The maximum atomic E-state index is 9.09. The summed E-state index contributed by atoms with van der Waals surface area (Å²) in [7, 11) is 0. The van der Waals surface area contributed by atoms with Crippen molar-refractivity contribution >= 4 is 0 Å². The van der Waals surface area contributed by atoms with Gasteiger partial charge in [-0.05, 0) is 20.3 Å². The van der Waals surface area contributed by atoms with E-state index >= 15 is 0 Å². The molecule has 2 nitrogen and oxygen atoms in total. The van der Waals surface area contributed by atoms with Gasteiger partial charge in [-0.1, -0.05) is 6.92 Å². The lowest BCUT2D eigenvalue weighted by Gasteiger charge is -2.23. The van der Waals surface area contributed by atoms with Crippen LogP contribution >= 0.6 is 0 Å². The lowest BCUT2D eigenvalue weighted by Crippen LogP contribution is -2.36. The minimum absolute atomic E-state index is 0.338. The molecule has 0 saturated heterocycles. The van der Waals surface area contributed by atoms with E-state index in [-0.39, 0.29) is 0 Å². The zero-order valence-electron chi connectivity index (χ0n) is 5.39. The Balaban J connectivity index is 3.71. The van der Waals surface area contributed by atoms with Crippen molar-refractivity contribution in [3.63, 3.8) is 0 Å². The van der Waals surface area contributed by atoms with Gasteiger partial charge in [0.05, 0.1) is 11.7 Å². The van der Waals surface area contributed by atoms with Crippen LogP contribution in [0.4, 0.5) is 0 Å². The summed E-state index contributed by atoms with van der Waals surface area (Å²) in [5.74, 6) is 0. The molecule has 8 heavy (non-hydrogen) atoms. The van der Waals surface area contributed by atoms with Crippen molar-refractivity contribution in [3.05, 3.63) is 6.92 Å². The molecule has 0 spiro atoms. The van der Waals surface area contributed by atoms with Crippen LogP contribution in [0.15, 0.2) is 0 Å². The van der Waals surface area contributed by atoms with Gasteiger partial charge in [0.2, 0.25) is 0 Å². The quantitative estimate of drug-likeness (QED) is 0.547. The molecule has 2 heteroatoms. The van der Waals surface area contributed by atoms with Gasteiger partial charge in [-0.15, -0.1) is 0 Å². The fourth-order valence-electron chi connectivity index (χ4n) is 0.209. The van der Waals surface area contributed by atoms with E-state index in [0.717, 1.165) is 0 Å². The van der Waals surface area contributed by atoms with Crippen molar-refractivity contribution in [3.8, 4) is 0 Å². The molecule has 2 N–H and O–H groups in total. The molecule has 49 valence electrons. The molecule has 0 amide bonds. The fraction of sp³-hybridized carbons (Fsp3) is 0.833. The van der Waals surface area contributed by atoms with E-state index in [2.05, 4.69) is 6.92 Å². The molecule has 2 unspecified atom stereocenters. The van der Waals surface area contributed by atoms with Gasteiger partial charge in [0.15, 0.2) is 0 Å². The summed E-state index contributed by atoms with van der Waals surface area (Å²) in [4.78, 5) is 0. The number of aliphatic hydroxyl groups is 2. The van der Waals surface area contributed by atoms with Gasteiger partial charge in [-0.25, -0.2) is 0 Å². The van der Waals surface area contributed by atoms with Gasteiger partial charge in [-0.2, -0.15) is 0 Å². The van der Waals surface area contributed by atoms with Crippen LogP contribution in [0.1, 0.15) is 20.3 Å². The molecule has 0 aromatic carbocycles. The van der Waals surface area contributed by atoms with E-state index in [1.54, 1.807) is 13.8 Å². The molecule has 0 rings (SSSR count). The maximum absolute atomic E-state index is 9.09. The highest BCUT2D eigenvalue weighted by molar-refractivity contribution is 4.78. The first kappa shape index (κ1) is 7.92. The molecule has 0 bridgehead atoms. The van der Waals surface area contributed by atoms with E-state index in [1.165, 1.54) is 0 Å². The van der Waals surface area contributed by atoms with Crippen molar-refractivity contribution in [1.29, 1.82) is 0 Å². The van der Waals surface area contributed by atoms with Crippen LogP contribution in [0.2, 0.25) is 0 Å². The number of hydrogen-bond acceptors (Lipinski definition) is 2. The smallest absolute Gasteiger partial charge is 0.0874 e. The summed E-state index contributed by atoms with van der Waals surface area (Å²) >= 11 is 0. The van der Waals surface area contributed by atoms with Crippen molar-refractivity contribution in [1.82, 2.24) is 0 Å². The molecule has 0 aliphatic rings. The van der Waals surface area contributed by atoms with Gasteiger partial charge < -0.3 is 10.2 Å². The average molecular weight is 117 g/mol. The Bertz CT molecular complexity index is 66.9. The zero-order chi connectivity index (χ0) is 6.78. The van der Waals surface area contributed by atoms with Crippen molar-refractivity contribution in [2.75, 3.05) is 0 Å². The lowest BCUT2D eigenvalue weighted by atomic mass is 9.98. The van der Waals surface area contributed by atoms with E-state index in [1.807, 2.05) is 0 Å². The molecular formula is C6H13O2. The molecule has 0 aromatic heterocycles. The van der Waals surface area contributed by atoms with Crippen molar-refractivity contribution in [2.24, 2.45) is 0 Å². The zero-order valence-corrected chi connectivity index (χ0v) is 5.39. The normalized spacial score (nSPS) is 22.1. The number of rotatable bonds is 2. The predicted molar refractivity (Wildman–Crippen MR) is 32.3 cm³/mol. The van der Waals surface area contributed by atoms with Gasteiger partial charge in [-0.3, -0.25) is 0 Å². The van der Waals surface area contributed by atoms with Gasteiger partial charge in [0.1, 0.15) is 0 Å². The SMILES string of the molecule is [CH2]CC(C)(O)C(C)O. The number of aliphatic hydroxyl groups excluding tert-OH is 1. The first-order valence-electron chi connectivity index (χ1n) is 2.70. The Hall–Kier alpha value is -0.0800. The molecule has 0 saturated carbocycles. The molecular weight excluding hydrogens is 104 g/mol. The van der Waals surface area contributed by atoms with Crippen LogP contribution in [0, 0.1) is 6.92 Å². The second-order valence-corrected chi connectivity index (χ2v) is 2.28. The molecule has 0 fully saturated rings. The van der Waals surface area contributed by atoms with Gasteiger partial charge in [0, 0.05) is 0 Å². The van der Waals surface area contributed by atoms with Crippen molar-refractivity contribution in [2.45, 2.75) is 32.0 Å². The third kappa shape index (κ3) is 1.80. The summed E-state index contributed by atoms with van der Waals surface area (Å²) < 4.78 is 0.